The monoisotopic (exact) mass is 145 g/mol. The normalized spacial score (nSPS) is 8.00. The van der Waals surface area contributed by atoms with Gasteiger partial charge in [0.05, 0.1) is 5.02 Å². The fourth-order valence-corrected chi connectivity index (χ4v) is 0.680. The Hall–Kier alpha value is -0.430. The summed E-state index contributed by atoms with van der Waals surface area (Å²) in [4.78, 5) is 0. The fraction of sp³-hybridized carbons (Fsp3) is 0.429. The summed E-state index contributed by atoms with van der Waals surface area (Å²) in [5.41, 5.74) is 0. The van der Waals surface area contributed by atoms with Gasteiger partial charge in [0, 0.05) is 19.4 Å². The minimum atomic E-state index is 0.794. The summed E-state index contributed by atoms with van der Waals surface area (Å²) >= 11 is 5.54. The first-order valence-electron chi connectivity index (χ1n) is 3.06. The number of aryl methyl sites for hydroxylation is 1. The van der Waals surface area contributed by atoms with Gasteiger partial charge in [0.1, 0.15) is 0 Å². The summed E-state index contributed by atoms with van der Waals surface area (Å²) in [6.07, 6.45) is 3.75. The lowest BCUT2D eigenvalue weighted by atomic mass is 10.7. The quantitative estimate of drug-likeness (QED) is 0.529. The van der Waals surface area contributed by atoms with Crippen LogP contribution in [0.1, 0.15) is 13.8 Å². The maximum Gasteiger partial charge on any atom is 0.0582 e. The van der Waals surface area contributed by atoms with Crippen molar-refractivity contribution in [1.82, 2.24) is 4.57 Å². The first-order chi connectivity index (χ1) is 4.29. The Morgan fingerprint density at radius 3 is 2.11 bits per heavy atom. The number of rotatable bonds is 0. The Bertz CT molecular complexity index is 141. The number of aromatic nitrogens is 1. The molecule has 0 aromatic carbocycles. The molecule has 1 rings (SSSR count). The van der Waals surface area contributed by atoms with Gasteiger partial charge in [-0.15, -0.1) is 0 Å². The van der Waals surface area contributed by atoms with Gasteiger partial charge in [-0.05, 0) is 6.07 Å². The van der Waals surface area contributed by atoms with E-state index in [-0.39, 0.29) is 0 Å². The van der Waals surface area contributed by atoms with Gasteiger partial charge in [-0.1, -0.05) is 25.4 Å². The average molecular weight is 146 g/mol. The van der Waals surface area contributed by atoms with Crippen molar-refractivity contribution in [3.05, 3.63) is 23.5 Å². The van der Waals surface area contributed by atoms with E-state index in [4.69, 9.17) is 11.6 Å². The molecule has 0 aliphatic heterocycles. The van der Waals surface area contributed by atoms with E-state index in [1.165, 1.54) is 0 Å². The molecule has 0 saturated heterocycles. The number of hydrogen-bond acceptors (Lipinski definition) is 0. The van der Waals surface area contributed by atoms with Crippen LogP contribution in [0.25, 0.3) is 0 Å². The molecule has 0 N–H and O–H groups in total. The first kappa shape index (κ1) is 8.57. The maximum absolute atomic E-state index is 5.54. The molecule has 0 saturated carbocycles. The second-order valence-corrected chi connectivity index (χ2v) is 1.93. The van der Waals surface area contributed by atoms with Gasteiger partial charge < -0.3 is 4.57 Å². The molecule has 0 aliphatic rings. The lowest BCUT2D eigenvalue weighted by Crippen LogP contribution is -1.75. The van der Waals surface area contributed by atoms with Gasteiger partial charge in [0.15, 0.2) is 0 Å². The van der Waals surface area contributed by atoms with Crippen molar-refractivity contribution in [2.24, 2.45) is 7.05 Å². The molecule has 0 amide bonds. The first-order valence-corrected chi connectivity index (χ1v) is 3.44. The molecule has 1 heterocycles. The van der Waals surface area contributed by atoms with Crippen molar-refractivity contribution in [3.8, 4) is 0 Å². The van der Waals surface area contributed by atoms with Crippen molar-refractivity contribution in [1.29, 1.82) is 0 Å². The average Bonchev–Trinajstić information content (AvgIpc) is 2.20. The molecule has 0 bridgehead atoms. The van der Waals surface area contributed by atoms with Gasteiger partial charge >= 0.3 is 0 Å². The predicted molar refractivity (Wildman–Crippen MR) is 41.8 cm³/mol. The van der Waals surface area contributed by atoms with Crippen molar-refractivity contribution in [3.63, 3.8) is 0 Å². The molecule has 0 aliphatic carbocycles. The van der Waals surface area contributed by atoms with E-state index in [0.29, 0.717) is 0 Å². The molecule has 0 fully saturated rings. The summed E-state index contributed by atoms with van der Waals surface area (Å²) in [6, 6.07) is 1.85. The molecule has 1 aromatic heterocycles. The zero-order chi connectivity index (χ0) is 7.28. The smallest absolute Gasteiger partial charge is 0.0582 e. The SMILES string of the molecule is CC.Cn1ccc(Cl)c1. The molecule has 9 heavy (non-hydrogen) atoms. The van der Waals surface area contributed by atoms with E-state index >= 15 is 0 Å². The summed E-state index contributed by atoms with van der Waals surface area (Å²) in [5, 5.41) is 0.794. The van der Waals surface area contributed by atoms with Gasteiger partial charge in [-0.3, -0.25) is 0 Å². The third-order valence-electron chi connectivity index (χ3n) is 0.796. The van der Waals surface area contributed by atoms with E-state index in [0.717, 1.165) is 5.02 Å². The molecule has 1 aromatic rings. The Balaban J connectivity index is 0.000000291. The lowest BCUT2D eigenvalue weighted by Gasteiger charge is -1.80. The standard InChI is InChI=1S/C5H6ClN.C2H6/c1-7-3-2-5(6)4-7;1-2/h2-4H,1H3;1-2H3. The molecule has 0 spiro atoms. The maximum atomic E-state index is 5.54. The van der Waals surface area contributed by atoms with E-state index < -0.39 is 0 Å². The highest BCUT2D eigenvalue weighted by Crippen LogP contribution is 2.04. The van der Waals surface area contributed by atoms with Crippen LogP contribution in [0.2, 0.25) is 5.02 Å². The Morgan fingerprint density at radius 2 is 2.00 bits per heavy atom. The number of hydrogen-bond donors (Lipinski definition) is 0. The van der Waals surface area contributed by atoms with Crippen LogP contribution >= 0.6 is 11.6 Å². The lowest BCUT2D eigenvalue weighted by molar-refractivity contribution is 0.928. The van der Waals surface area contributed by atoms with E-state index in [1.807, 2.05) is 43.9 Å². The molecule has 0 radical (unpaired) electrons. The molecule has 1 nitrogen and oxygen atoms in total. The highest BCUT2D eigenvalue weighted by atomic mass is 35.5. The minimum Gasteiger partial charge on any atom is -0.356 e. The predicted octanol–water partition coefficient (Wildman–Crippen LogP) is 2.70. The largest absolute Gasteiger partial charge is 0.356 e. The van der Waals surface area contributed by atoms with Crippen LogP contribution in [-0.2, 0) is 7.05 Å². The summed E-state index contributed by atoms with van der Waals surface area (Å²) in [5.74, 6) is 0. The van der Waals surface area contributed by atoms with Crippen LogP contribution in [0, 0.1) is 0 Å². The van der Waals surface area contributed by atoms with E-state index in [9.17, 15) is 0 Å². The van der Waals surface area contributed by atoms with Crippen molar-refractivity contribution in [2.75, 3.05) is 0 Å². The second-order valence-electron chi connectivity index (χ2n) is 1.50. The topological polar surface area (TPSA) is 4.93 Å². The summed E-state index contributed by atoms with van der Waals surface area (Å²) in [7, 11) is 1.94. The molecule has 0 unspecified atom stereocenters. The van der Waals surface area contributed by atoms with Gasteiger partial charge in [-0.25, -0.2) is 0 Å². The van der Waals surface area contributed by atoms with Crippen LogP contribution in [0.15, 0.2) is 18.5 Å². The Morgan fingerprint density at radius 1 is 1.44 bits per heavy atom. The Kier molecular flexibility index (Phi) is 4.24. The van der Waals surface area contributed by atoms with E-state index in [2.05, 4.69) is 0 Å². The number of nitrogens with zero attached hydrogens (tertiary/aromatic N) is 1. The third kappa shape index (κ3) is 3.20. The van der Waals surface area contributed by atoms with Gasteiger partial charge in [-0.2, -0.15) is 0 Å². The van der Waals surface area contributed by atoms with Crippen LogP contribution in [0.4, 0.5) is 0 Å². The van der Waals surface area contributed by atoms with E-state index in [1.54, 1.807) is 0 Å². The third-order valence-corrected chi connectivity index (χ3v) is 1.02. The molecular formula is C7H12ClN. The molecule has 0 atom stereocenters. The molecule has 52 valence electrons. The minimum absolute atomic E-state index is 0.794. The highest BCUT2D eigenvalue weighted by molar-refractivity contribution is 6.30. The zero-order valence-corrected chi connectivity index (χ0v) is 6.81. The highest BCUT2D eigenvalue weighted by Gasteiger charge is 1.82. The summed E-state index contributed by atoms with van der Waals surface area (Å²) in [6.45, 7) is 4.00. The Labute approximate surface area is 61.3 Å². The molecular weight excluding hydrogens is 134 g/mol. The second kappa shape index (κ2) is 4.45. The van der Waals surface area contributed by atoms with Crippen molar-refractivity contribution < 1.29 is 0 Å². The zero-order valence-electron chi connectivity index (χ0n) is 6.06. The van der Waals surface area contributed by atoms with Crippen LogP contribution in [0.3, 0.4) is 0 Å². The van der Waals surface area contributed by atoms with Gasteiger partial charge in [0.2, 0.25) is 0 Å². The fourth-order valence-electron chi connectivity index (χ4n) is 0.469. The summed E-state index contributed by atoms with van der Waals surface area (Å²) < 4.78 is 1.91. The van der Waals surface area contributed by atoms with Crippen molar-refractivity contribution in [2.45, 2.75) is 13.8 Å². The van der Waals surface area contributed by atoms with Crippen LogP contribution in [-0.4, -0.2) is 4.57 Å². The molecule has 2 heteroatoms. The van der Waals surface area contributed by atoms with Gasteiger partial charge in [0.25, 0.3) is 0 Å². The van der Waals surface area contributed by atoms with Crippen LogP contribution < -0.4 is 0 Å². The number of halogens is 1. The van der Waals surface area contributed by atoms with Crippen LogP contribution in [0.5, 0.6) is 0 Å². The van der Waals surface area contributed by atoms with Crippen molar-refractivity contribution >= 4 is 11.6 Å².